The molecule has 1 aliphatic rings. The summed E-state index contributed by atoms with van der Waals surface area (Å²) in [7, 11) is -3.52. The Labute approximate surface area is 199 Å². The molecule has 9 heteroatoms. The van der Waals surface area contributed by atoms with Crippen LogP contribution in [0.3, 0.4) is 0 Å². The molecule has 0 atom stereocenters. The minimum absolute atomic E-state index is 0.203. The Kier molecular flexibility index (Phi) is 7.64. The third-order valence-electron chi connectivity index (χ3n) is 5.96. The number of aromatic amines is 1. The van der Waals surface area contributed by atoms with Crippen molar-refractivity contribution in [3.05, 3.63) is 60.3 Å². The molecule has 1 aromatic heterocycles. The number of para-hydroxylation sites is 1. The summed E-state index contributed by atoms with van der Waals surface area (Å²) in [6, 6.07) is 14.0. The number of fused-ring (bicyclic) bond motifs is 1. The topological polar surface area (TPSA) is 109 Å². The molecule has 1 fully saturated rings. The summed E-state index contributed by atoms with van der Waals surface area (Å²) in [6.45, 7) is 0.682. The van der Waals surface area contributed by atoms with Gasteiger partial charge in [0.25, 0.3) is 5.91 Å². The second-order valence-corrected chi connectivity index (χ2v) is 10.3. The summed E-state index contributed by atoms with van der Waals surface area (Å²) >= 11 is 0. The molecule has 0 spiro atoms. The largest absolute Gasteiger partial charge is 0.456 e. The quantitative estimate of drug-likeness (QED) is 0.450. The number of hydrogen-bond donors (Lipinski definition) is 2. The number of aromatic nitrogens is 1. The van der Waals surface area contributed by atoms with E-state index >= 15 is 0 Å². The van der Waals surface area contributed by atoms with Gasteiger partial charge in [0.15, 0.2) is 6.61 Å². The van der Waals surface area contributed by atoms with Crippen LogP contribution in [-0.2, 0) is 30.8 Å². The number of piperidine rings is 1. The van der Waals surface area contributed by atoms with Crippen LogP contribution >= 0.6 is 0 Å². The number of carbonyl (C=O) groups is 2. The molecule has 2 N–H and O–H groups in total. The van der Waals surface area contributed by atoms with E-state index in [2.05, 4.69) is 10.3 Å². The van der Waals surface area contributed by atoms with Gasteiger partial charge in [-0.15, -0.1) is 0 Å². The SMILES string of the molecule is O=C(COC(=O)CCCc1c[nH]c2ccccc12)Nc1ccc(S(=O)(=O)N2CCCCC2)cc1. The highest BCUT2D eigenvalue weighted by atomic mass is 32.2. The summed E-state index contributed by atoms with van der Waals surface area (Å²) in [5, 5.41) is 3.77. The number of hydrogen-bond acceptors (Lipinski definition) is 5. The van der Waals surface area contributed by atoms with Gasteiger partial charge in [0.05, 0.1) is 4.90 Å². The second-order valence-electron chi connectivity index (χ2n) is 8.41. The second kappa shape index (κ2) is 10.8. The fraction of sp³-hybridized carbons (Fsp3) is 0.360. The van der Waals surface area contributed by atoms with Gasteiger partial charge in [-0.2, -0.15) is 4.31 Å². The van der Waals surface area contributed by atoms with Gasteiger partial charge in [0, 0.05) is 42.3 Å². The van der Waals surface area contributed by atoms with Crippen LogP contribution in [0.5, 0.6) is 0 Å². The van der Waals surface area contributed by atoms with Crippen LogP contribution in [-0.4, -0.2) is 49.3 Å². The first-order chi connectivity index (χ1) is 16.4. The van der Waals surface area contributed by atoms with Gasteiger partial charge >= 0.3 is 5.97 Å². The van der Waals surface area contributed by atoms with Crippen molar-refractivity contribution in [2.75, 3.05) is 25.0 Å². The van der Waals surface area contributed by atoms with Crippen molar-refractivity contribution >= 4 is 38.5 Å². The van der Waals surface area contributed by atoms with Crippen LogP contribution in [0.1, 0.15) is 37.7 Å². The summed E-state index contributed by atoms with van der Waals surface area (Å²) < 4.78 is 32.0. The van der Waals surface area contributed by atoms with Crippen molar-refractivity contribution in [3.8, 4) is 0 Å². The lowest BCUT2D eigenvalue weighted by Crippen LogP contribution is -2.35. The summed E-state index contributed by atoms with van der Waals surface area (Å²) in [4.78, 5) is 27.6. The Bertz CT molecular complexity index is 1250. The maximum atomic E-state index is 12.7. The summed E-state index contributed by atoms with van der Waals surface area (Å²) in [6.07, 6.45) is 6.31. The van der Waals surface area contributed by atoms with E-state index < -0.39 is 21.9 Å². The molecule has 0 bridgehead atoms. The first kappa shape index (κ1) is 24.0. The van der Waals surface area contributed by atoms with Crippen molar-refractivity contribution in [2.45, 2.75) is 43.4 Å². The highest BCUT2D eigenvalue weighted by Crippen LogP contribution is 2.22. The van der Waals surface area contributed by atoms with Crippen LogP contribution in [0.2, 0.25) is 0 Å². The average molecular weight is 484 g/mol. The maximum absolute atomic E-state index is 12.7. The fourth-order valence-electron chi connectivity index (χ4n) is 4.14. The highest BCUT2D eigenvalue weighted by Gasteiger charge is 2.25. The number of nitrogens with one attached hydrogen (secondary N) is 2. The van der Waals surface area contributed by atoms with Crippen molar-refractivity contribution in [2.24, 2.45) is 0 Å². The average Bonchev–Trinajstić information content (AvgIpc) is 3.27. The first-order valence-electron chi connectivity index (χ1n) is 11.5. The predicted molar refractivity (Wildman–Crippen MR) is 130 cm³/mol. The molecule has 34 heavy (non-hydrogen) atoms. The van der Waals surface area contributed by atoms with Gasteiger partial charge in [-0.05, 0) is 61.6 Å². The van der Waals surface area contributed by atoms with E-state index in [4.69, 9.17) is 4.74 Å². The number of H-pyrrole nitrogens is 1. The van der Waals surface area contributed by atoms with Crippen LogP contribution in [0, 0.1) is 0 Å². The number of sulfonamides is 1. The maximum Gasteiger partial charge on any atom is 0.306 e. The third kappa shape index (κ3) is 5.84. The number of aryl methyl sites for hydroxylation is 1. The van der Waals surface area contributed by atoms with Gasteiger partial charge in [0.2, 0.25) is 10.0 Å². The van der Waals surface area contributed by atoms with Crippen LogP contribution in [0.4, 0.5) is 5.69 Å². The monoisotopic (exact) mass is 483 g/mol. The molecule has 1 saturated heterocycles. The Balaban J connectivity index is 1.20. The molecule has 0 unspecified atom stereocenters. The summed E-state index contributed by atoms with van der Waals surface area (Å²) in [5.41, 5.74) is 2.65. The molecule has 8 nitrogen and oxygen atoms in total. The first-order valence-corrected chi connectivity index (χ1v) is 13.0. The van der Waals surface area contributed by atoms with Gasteiger partial charge in [0.1, 0.15) is 0 Å². The molecule has 1 amide bonds. The molecule has 2 aromatic carbocycles. The minimum atomic E-state index is -3.52. The highest BCUT2D eigenvalue weighted by molar-refractivity contribution is 7.89. The smallest absolute Gasteiger partial charge is 0.306 e. The lowest BCUT2D eigenvalue weighted by molar-refractivity contribution is -0.147. The standard InChI is InChI=1S/C25H29N3O5S/c29-24(18-33-25(30)10-6-7-19-17-26-23-9-3-2-8-22(19)23)27-20-11-13-21(14-12-20)34(31,32)28-15-4-1-5-16-28/h2-3,8-9,11-14,17,26H,1,4-7,10,15-16,18H2,(H,27,29). The zero-order valence-electron chi connectivity index (χ0n) is 19.0. The van der Waals surface area contributed by atoms with E-state index in [1.54, 1.807) is 0 Å². The number of nitrogens with zero attached hydrogens (tertiary/aromatic N) is 1. The molecular formula is C25H29N3O5S. The van der Waals surface area contributed by atoms with Gasteiger partial charge < -0.3 is 15.0 Å². The third-order valence-corrected chi connectivity index (χ3v) is 7.87. The number of benzene rings is 2. The predicted octanol–water partition coefficient (Wildman–Crippen LogP) is 3.85. The Morgan fingerprint density at radius 3 is 2.50 bits per heavy atom. The van der Waals surface area contributed by atoms with Gasteiger partial charge in [-0.3, -0.25) is 9.59 Å². The number of amides is 1. The molecule has 180 valence electrons. The molecular weight excluding hydrogens is 454 g/mol. The normalized spacial score (nSPS) is 14.7. The molecule has 3 aromatic rings. The van der Waals surface area contributed by atoms with E-state index in [1.807, 2.05) is 30.5 Å². The van der Waals surface area contributed by atoms with Gasteiger partial charge in [-0.25, -0.2) is 8.42 Å². The van der Waals surface area contributed by atoms with E-state index in [9.17, 15) is 18.0 Å². The summed E-state index contributed by atoms with van der Waals surface area (Å²) in [5.74, 6) is -0.908. The zero-order chi connectivity index (χ0) is 24.0. The molecule has 0 saturated carbocycles. The van der Waals surface area contributed by atoms with Crippen molar-refractivity contribution in [3.63, 3.8) is 0 Å². The zero-order valence-corrected chi connectivity index (χ0v) is 19.8. The Hall–Kier alpha value is -3.17. The fourth-order valence-corrected chi connectivity index (χ4v) is 5.66. The van der Waals surface area contributed by atoms with Crippen LogP contribution in [0.15, 0.2) is 59.6 Å². The molecule has 0 aliphatic carbocycles. The number of esters is 1. The van der Waals surface area contributed by atoms with E-state index in [1.165, 1.54) is 28.6 Å². The molecule has 4 rings (SSSR count). The van der Waals surface area contributed by atoms with Crippen LogP contribution < -0.4 is 5.32 Å². The molecule has 0 radical (unpaired) electrons. The number of rotatable bonds is 9. The Morgan fingerprint density at radius 1 is 1.00 bits per heavy atom. The van der Waals surface area contributed by atoms with E-state index in [0.717, 1.165) is 42.1 Å². The minimum Gasteiger partial charge on any atom is -0.456 e. The lowest BCUT2D eigenvalue weighted by atomic mass is 10.1. The number of ether oxygens (including phenoxy) is 1. The number of carbonyl (C=O) groups excluding carboxylic acids is 2. The van der Waals surface area contributed by atoms with E-state index in [-0.39, 0.29) is 17.9 Å². The molecule has 2 heterocycles. The van der Waals surface area contributed by atoms with Gasteiger partial charge in [-0.1, -0.05) is 24.6 Å². The van der Waals surface area contributed by atoms with Crippen molar-refractivity contribution in [1.29, 1.82) is 0 Å². The van der Waals surface area contributed by atoms with Crippen molar-refractivity contribution < 1.29 is 22.7 Å². The van der Waals surface area contributed by atoms with Crippen LogP contribution in [0.25, 0.3) is 10.9 Å². The lowest BCUT2D eigenvalue weighted by Gasteiger charge is -2.25. The van der Waals surface area contributed by atoms with Crippen molar-refractivity contribution in [1.82, 2.24) is 9.29 Å². The molecule has 1 aliphatic heterocycles. The van der Waals surface area contributed by atoms with E-state index in [0.29, 0.717) is 25.2 Å². The Morgan fingerprint density at radius 2 is 1.74 bits per heavy atom. The number of anilines is 1.